The molecule has 0 bridgehead atoms. The molecule has 222 valence electrons. The van der Waals surface area contributed by atoms with E-state index < -0.39 is 33.4 Å². The molecule has 2 N–H and O–H groups in total. The first kappa shape index (κ1) is 35.1. The first-order chi connectivity index (χ1) is 22.4. The van der Waals surface area contributed by atoms with E-state index in [0.29, 0.717) is 13.1 Å². The number of nitrogens with zero attached hydrogens (tertiary/aromatic N) is 8. The van der Waals surface area contributed by atoms with Crippen molar-refractivity contribution >= 4 is 22.5 Å². The van der Waals surface area contributed by atoms with Crippen LogP contribution in [-0.4, -0.2) is 13.1 Å². The van der Waals surface area contributed by atoms with Crippen LogP contribution >= 0.6 is 0 Å². The molecule has 0 amide bonds. The number of allylic oxidation sites excluding steroid dienone is 8. The van der Waals surface area contributed by atoms with Gasteiger partial charge in [0.25, 0.3) is 0 Å². The van der Waals surface area contributed by atoms with Gasteiger partial charge in [-0.15, -0.1) is 0 Å². The maximum Gasteiger partial charge on any atom is 0.138 e. The fourth-order valence-electron chi connectivity index (χ4n) is 4.45. The third kappa shape index (κ3) is 8.49. The van der Waals surface area contributed by atoms with Crippen molar-refractivity contribution in [1.29, 1.82) is 42.1 Å². The van der Waals surface area contributed by atoms with Crippen molar-refractivity contribution in [1.82, 2.24) is 0 Å². The number of nitrogens with one attached hydrogen (secondary N) is 2. The quantitative estimate of drug-likeness (QED) is 0.135. The summed E-state index contributed by atoms with van der Waals surface area (Å²) in [6.07, 6.45) is 3.79. The average Bonchev–Trinajstić information content (AvgIpc) is 3.09. The van der Waals surface area contributed by atoms with E-state index in [1.54, 1.807) is 97.1 Å². The zero-order chi connectivity index (χ0) is 33.9. The summed E-state index contributed by atoms with van der Waals surface area (Å²) < 4.78 is 0. The summed E-state index contributed by atoms with van der Waals surface area (Å²) in [5, 5.41) is 87.2. The smallest absolute Gasteiger partial charge is 0.138 e. The van der Waals surface area contributed by atoms with Gasteiger partial charge >= 0.3 is 0 Å². The Kier molecular flexibility index (Phi) is 14.1. The predicted molar refractivity (Wildman–Crippen MR) is 172 cm³/mol. The molecule has 10 heteroatoms. The molecular weight excluding hydrogens is 572 g/mol. The summed E-state index contributed by atoms with van der Waals surface area (Å²) in [6.45, 7) is 5.50. The second-order valence-corrected chi connectivity index (χ2v) is 9.61. The molecule has 0 saturated heterocycles. The van der Waals surface area contributed by atoms with Gasteiger partial charge in [-0.1, -0.05) is 51.0 Å². The van der Waals surface area contributed by atoms with Gasteiger partial charge in [-0.05, 0) is 48.2 Å². The van der Waals surface area contributed by atoms with Crippen molar-refractivity contribution in [3.05, 3.63) is 93.1 Å². The second kappa shape index (κ2) is 18.5. The monoisotopic (exact) mass is 600 g/mol. The molecule has 0 aliphatic heterocycles. The molecule has 0 aromatic heterocycles. The van der Waals surface area contributed by atoms with Crippen LogP contribution in [0.3, 0.4) is 0 Å². The van der Waals surface area contributed by atoms with Crippen LogP contribution in [0.2, 0.25) is 0 Å². The molecule has 0 atom stereocenters. The number of rotatable bonds is 13. The number of unbranched alkanes of at least 4 members (excludes halogenated alkanes) is 2. The van der Waals surface area contributed by atoms with Crippen LogP contribution in [-0.2, 0) is 0 Å². The van der Waals surface area contributed by atoms with E-state index in [9.17, 15) is 42.1 Å². The minimum absolute atomic E-state index is 0.216. The Hall–Kier alpha value is -7.08. The number of nitriles is 8. The highest BCUT2D eigenvalue weighted by molar-refractivity contribution is 6.03. The lowest BCUT2D eigenvalue weighted by Crippen LogP contribution is -2.08. The molecule has 10 nitrogen and oxygen atoms in total. The summed E-state index contributed by atoms with van der Waals surface area (Å²) in [4.78, 5) is 0. The molecular formula is C36H28N10. The van der Waals surface area contributed by atoms with Gasteiger partial charge in [-0.2, -0.15) is 42.1 Å². The van der Waals surface area contributed by atoms with Gasteiger partial charge < -0.3 is 10.6 Å². The van der Waals surface area contributed by atoms with E-state index in [1.807, 2.05) is 0 Å². The van der Waals surface area contributed by atoms with E-state index in [1.165, 1.54) is 0 Å². The molecule has 0 aliphatic rings. The van der Waals surface area contributed by atoms with Gasteiger partial charge in [0.1, 0.15) is 70.8 Å². The van der Waals surface area contributed by atoms with Crippen molar-refractivity contribution in [2.24, 2.45) is 0 Å². The number of anilines is 2. The Bertz CT molecular complexity index is 1710. The minimum atomic E-state index is -0.647. The summed E-state index contributed by atoms with van der Waals surface area (Å²) in [5.41, 5.74) is -1.69. The average molecular weight is 601 g/mol. The van der Waals surface area contributed by atoms with E-state index in [0.717, 1.165) is 37.1 Å². The lowest BCUT2D eigenvalue weighted by atomic mass is 9.78. The number of benzene rings is 2. The van der Waals surface area contributed by atoms with Crippen molar-refractivity contribution in [3.8, 4) is 48.6 Å². The van der Waals surface area contributed by atoms with Crippen molar-refractivity contribution in [2.75, 3.05) is 23.7 Å². The molecule has 0 unspecified atom stereocenters. The van der Waals surface area contributed by atoms with Crippen LogP contribution in [0.4, 0.5) is 11.4 Å². The zero-order valence-electron chi connectivity index (χ0n) is 25.4. The first-order valence-electron chi connectivity index (χ1n) is 14.3. The number of hydrogen-bond acceptors (Lipinski definition) is 10. The molecule has 0 radical (unpaired) electrons. The van der Waals surface area contributed by atoms with E-state index in [2.05, 4.69) is 24.5 Å². The number of hydrogen-bond donors (Lipinski definition) is 2. The van der Waals surface area contributed by atoms with Crippen LogP contribution in [0.15, 0.2) is 82.0 Å². The Morgan fingerprint density at radius 1 is 0.457 bits per heavy atom. The Morgan fingerprint density at radius 3 is 0.978 bits per heavy atom. The molecule has 46 heavy (non-hydrogen) atoms. The standard InChI is InChI=1S/C36H28N10/c1-3-5-15-45-31-11-7-25(8-12-31)33(27(17-37)18-38)35(29(21-41)22-42)36(30(23-43)24-44)34(28(19-39)20-40)26-9-13-32(14-10-26)46-16-6-4-2/h7-14,45-46H,3-6,15-16H2,1-2H3. The third-order valence-electron chi connectivity index (χ3n) is 6.71. The normalized spacial score (nSPS) is 9.00. The van der Waals surface area contributed by atoms with Gasteiger partial charge in [0.15, 0.2) is 0 Å². The molecule has 2 aromatic carbocycles. The maximum absolute atomic E-state index is 10.1. The van der Waals surface area contributed by atoms with Crippen LogP contribution < -0.4 is 10.6 Å². The topological polar surface area (TPSA) is 214 Å². The summed E-state index contributed by atoms with van der Waals surface area (Å²) in [5.74, 6) is 0. The lowest BCUT2D eigenvalue weighted by Gasteiger charge is -2.21. The highest BCUT2D eigenvalue weighted by Gasteiger charge is 2.30. The third-order valence-corrected chi connectivity index (χ3v) is 6.71. The predicted octanol–water partition coefficient (Wildman–Crippen LogP) is 7.10. The summed E-state index contributed by atoms with van der Waals surface area (Å²) in [7, 11) is 0. The molecule has 2 rings (SSSR count). The summed E-state index contributed by atoms with van der Waals surface area (Å²) >= 11 is 0. The minimum Gasteiger partial charge on any atom is -0.385 e. The van der Waals surface area contributed by atoms with E-state index in [-0.39, 0.29) is 22.3 Å². The van der Waals surface area contributed by atoms with Crippen molar-refractivity contribution < 1.29 is 0 Å². The van der Waals surface area contributed by atoms with Gasteiger partial charge in [0, 0.05) is 46.8 Å². The van der Waals surface area contributed by atoms with Crippen molar-refractivity contribution in [2.45, 2.75) is 39.5 Å². The molecule has 0 spiro atoms. The maximum atomic E-state index is 10.1. The van der Waals surface area contributed by atoms with Crippen LogP contribution in [0, 0.1) is 90.6 Å². The van der Waals surface area contributed by atoms with Crippen LogP contribution in [0.25, 0.3) is 11.1 Å². The van der Waals surface area contributed by atoms with E-state index >= 15 is 0 Å². The van der Waals surface area contributed by atoms with Crippen LogP contribution in [0.1, 0.15) is 50.7 Å². The fourth-order valence-corrected chi connectivity index (χ4v) is 4.45. The highest BCUT2D eigenvalue weighted by Crippen LogP contribution is 2.43. The Morgan fingerprint density at radius 2 is 0.739 bits per heavy atom. The molecule has 0 aliphatic carbocycles. The highest BCUT2D eigenvalue weighted by atomic mass is 14.9. The first-order valence-corrected chi connectivity index (χ1v) is 14.3. The van der Waals surface area contributed by atoms with Gasteiger partial charge in [-0.25, -0.2) is 0 Å². The molecule has 0 heterocycles. The Labute approximate surface area is 269 Å². The molecule has 0 saturated carbocycles. The van der Waals surface area contributed by atoms with Gasteiger partial charge in [-0.3, -0.25) is 0 Å². The Balaban J connectivity index is 3.12. The summed E-state index contributed by atoms with van der Waals surface area (Å²) in [6, 6.07) is 27.2. The van der Waals surface area contributed by atoms with Crippen LogP contribution in [0.5, 0.6) is 0 Å². The molecule has 0 fully saturated rings. The second-order valence-electron chi connectivity index (χ2n) is 9.61. The fraction of sp³-hybridized carbons (Fsp3) is 0.222. The molecule has 2 aromatic rings. The largest absolute Gasteiger partial charge is 0.385 e. The van der Waals surface area contributed by atoms with Crippen molar-refractivity contribution in [3.63, 3.8) is 0 Å². The van der Waals surface area contributed by atoms with Gasteiger partial charge in [0.05, 0.1) is 0 Å². The van der Waals surface area contributed by atoms with E-state index in [4.69, 9.17) is 0 Å². The van der Waals surface area contributed by atoms with Gasteiger partial charge in [0.2, 0.25) is 0 Å². The lowest BCUT2D eigenvalue weighted by molar-refractivity contribution is 0.834. The zero-order valence-corrected chi connectivity index (χ0v) is 25.4. The SMILES string of the molecule is CCCCNc1ccc(C(=C(C#N)C#N)C(=C(C#N)C#N)C(=C(C#N)C#N)C(=C(C#N)C#N)c2ccc(NCCCC)cc2)cc1.